The van der Waals surface area contributed by atoms with E-state index in [1.54, 1.807) is 28.4 Å². The third-order valence-corrected chi connectivity index (χ3v) is 6.94. The lowest BCUT2D eigenvalue weighted by atomic mass is 9.95. The van der Waals surface area contributed by atoms with E-state index in [0.717, 1.165) is 24.3 Å². The van der Waals surface area contributed by atoms with Gasteiger partial charge in [-0.15, -0.1) is 11.3 Å². The summed E-state index contributed by atoms with van der Waals surface area (Å²) in [4.78, 5) is 31.2. The van der Waals surface area contributed by atoms with Crippen molar-refractivity contribution in [1.29, 1.82) is 0 Å². The Morgan fingerprint density at radius 1 is 1.18 bits per heavy atom. The molecule has 4 rings (SSSR count). The van der Waals surface area contributed by atoms with E-state index in [-0.39, 0.29) is 35.8 Å². The molecule has 3 heterocycles. The molecule has 0 bridgehead atoms. The highest BCUT2D eigenvalue weighted by Gasteiger charge is 2.34. The fraction of sp³-hybridized carbons (Fsp3) is 0.500. The predicted molar refractivity (Wildman–Crippen MR) is 120 cm³/mol. The molecule has 1 aromatic carbocycles. The van der Waals surface area contributed by atoms with Gasteiger partial charge in [-0.2, -0.15) is 8.78 Å². The lowest BCUT2D eigenvalue weighted by molar-refractivity contribution is -0.139. The Hall–Kier alpha value is -2.52. The molecule has 0 aliphatic carbocycles. The molecule has 6 nitrogen and oxygen atoms in total. The first kappa shape index (κ1) is 23.6. The standard InChI is InChI=1S/C24H28F2N2O4S/c25-24(26)32-21-10-2-1-9-20(21)23(30)27-11-3-6-17(14-27)22(29)28(15-18-7-4-12-31-18)16-19-8-5-13-33-19/h1-2,5,8-10,13,17-18,24H,3-4,6-7,11-12,14-16H2. The third kappa shape index (κ3) is 6.09. The van der Waals surface area contributed by atoms with Crippen LogP contribution in [0.1, 0.15) is 40.9 Å². The summed E-state index contributed by atoms with van der Waals surface area (Å²) in [5.41, 5.74) is 0.0840. The zero-order chi connectivity index (χ0) is 23.2. The quantitative estimate of drug-likeness (QED) is 0.564. The van der Waals surface area contributed by atoms with Crippen LogP contribution in [0.4, 0.5) is 8.78 Å². The highest BCUT2D eigenvalue weighted by molar-refractivity contribution is 7.09. The van der Waals surface area contributed by atoms with Gasteiger partial charge < -0.3 is 19.3 Å². The van der Waals surface area contributed by atoms with E-state index in [1.807, 2.05) is 22.4 Å². The van der Waals surface area contributed by atoms with Gasteiger partial charge in [0.15, 0.2) is 0 Å². The van der Waals surface area contributed by atoms with Crippen LogP contribution in [0.15, 0.2) is 41.8 Å². The predicted octanol–water partition coefficient (Wildman–Crippen LogP) is 4.41. The molecule has 2 amide bonds. The Morgan fingerprint density at radius 3 is 2.76 bits per heavy atom. The van der Waals surface area contributed by atoms with Gasteiger partial charge in [-0.1, -0.05) is 18.2 Å². The van der Waals surface area contributed by atoms with Crippen LogP contribution in [-0.4, -0.2) is 60.6 Å². The van der Waals surface area contributed by atoms with Crippen molar-refractivity contribution in [2.24, 2.45) is 5.92 Å². The second-order valence-corrected chi connectivity index (χ2v) is 9.43. The molecule has 178 valence electrons. The Balaban J connectivity index is 1.46. The molecule has 2 saturated heterocycles. The van der Waals surface area contributed by atoms with E-state index in [2.05, 4.69) is 4.74 Å². The van der Waals surface area contributed by atoms with E-state index >= 15 is 0 Å². The monoisotopic (exact) mass is 478 g/mol. The topological polar surface area (TPSA) is 59.1 Å². The number of carbonyl (C=O) groups is 2. The van der Waals surface area contributed by atoms with Crippen molar-refractivity contribution in [3.05, 3.63) is 52.2 Å². The van der Waals surface area contributed by atoms with E-state index in [9.17, 15) is 18.4 Å². The van der Waals surface area contributed by atoms with Crippen LogP contribution in [0.3, 0.4) is 0 Å². The van der Waals surface area contributed by atoms with Gasteiger partial charge in [0.1, 0.15) is 5.75 Å². The number of halogens is 2. The zero-order valence-corrected chi connectivity index (χ0v) is 19.1. The Kier molecular flexibility index (Phi) is 7.93. The summed E-state index contributed by atoms with van der Waals surface area (Å²) in [6.07, 6.45) is 3.33. The first-order valence-corrected chi connectivity index (χ1v) is 12.1. The van der Waals surface area contributed by atoms with Crippen molar-refractivity contribution in [3.8, 4) is 5.75 Å². The van der Waals surface area contributed by atoms with Crippen molar-refractivity contribution in [1.82, 2.24) is 9.80 Å². The van der Waals surface area contributed by atoms with Crippen molar-refractivity contribution in [3.63, 3.8) is 0 Å². The van der Waals surface area contributed by atoms with Gasteiger partial charge in [0.2, 0.25) is 5.91 Å². The minimum absolute atomic E-state index is 0.00788. The number of piperidine rings is 1. The second kappa shape index (κ2) is 11.1. The average molecular weight is 479 g/mol. The lowest BCUT2D eigenvalue weighted by Crippen LogP contribution is -2.48. The molecule has 33 heavy (non-hydrogen) atoms. The summed E-state index contributed by atoms with van der Waals surface area (Å²) < 4.78 is 35.9. The molecule has 2 aliphatic heterocycles. The molecule has 2 aromatic rings. The summed E-state index contributed by atoms with van der Waals surface area (Å²) in [7, 11) is 0. The maximum Gasteiger partial charge on any atom is 0.387 e. The molecule has 9 heteroatoms. The number of likely N-dealkylation sites (tertiary alicyclic amines) is 1. The highest BCUT2D eigenvalue weighted by Crippen LogP contribution is 2.27. The molecule has 2 unspecified atom stereocenters. The number of benzene rings is 1. The fourth-order valence-corrected chi connectivity index (χ4v) is 5.21. The molecular weight excluding hydrogens is 450 g/mol. The van der Waals surface area contributed by atoms with Gasteiger partial charge in [-0.3, -0.25) is 9.59 Å². The number of amides is 2. The smallest absolute Gasteiger partial charge is 0.387 e. The van der Waals surface area contributed by atoms with E-state index in [4.69, 9.17) is 4.74 Å². The van der Waals surface area contributed by atoms with Crippen LogP contribution in [0, 0.1) is 5.92 Å². The maximum atomic E-state index is 13.5. The Labute approximate surface area is 196 Å². The molecule has 0 saturated carbocycles. The highest BCUT2D eigenvalue weighted by atomic mass is 32.1. The van der Waals surface area contributed by atoms with E-state index < -0.39 is 12.5 Å². The minimum atomic E-state index is -3.02. The second-order valence-electron chi connectivity index (χ2n) is 8.40. The molecule has 0 spiro atoms. The number of thiophene rings is 1. The van der Waals surface area contributed by atoms with E-state index in [1.165, 1.54) is 12.1 Å². The molecular formula is C24H28F2N2O4S. The van der Waals surface area contributed by atoms with Gasteiger partial charge in [-0.25, -0.2) is 0 Å². The largest absolute Gasteiger partial charge is 0.434 e. The van der Waals surface area contributed by atoms with Crippen LogP contribution in [-0.2, 0) is 16.1 Å². The fourth-order valence-electron chi connectivity index (χ4n) is 4.49. The number of hydrogen-bond acceptors (Lipinski definition) is 5. The van der Waals surface area contributed by atoms with Crippen LogP contribution in [0.2, 0.25) is 0 Å². The number of carbonyl (C=O) groups excluding carboxylic acids is 2. The lowest BCUT2D eigenvalue weighted by Gasteiger charge is -2.35. The summed E-state index contributed by atoms with van der Waals surface area (Å²) in [6, 6.07) is 9.97. The van der Waals surface area contributed by atoms with Crippen molar-refractivity contribution < 1.29 is 27.8 Å². The van der Waals surface area contributed by atoms with Gasteiger partial charge in [0.25, 0.3) is 5.91 Å². The van der Waals surface area contributed by atoms with Gasteiger partial charge >= 0.3 is 6.61 Å². The maximum absolute atomic E-state index is 13.5. The number of hydrogen-bond donors (Lipinski definition) is 0. The van der Waals surface area contributed by atoms with E-state index in [0.29, 0.717) is 32.5 Å². The molecule has 0 N–H and O–H groups in total. The van der Waals surface area contributed by atoms with Crippen LogP contribution < -0.4 is 4.74 Å². The number of nitrogens with zero attached hydrogens (tertiary/aromatic N) is 2. The van der Waals surface area contributed by atoms with Gasteiger partial charge in [0.05, 0.1) is 24.1 Å². The summed E-state index contributed by atoms with van der Waals surface area (Å²) >= 11 is 1.61. The average Bonchev–Trinajstić information content (AvgIpc) is 3.52. The van der Waals surface area contributed by atoms with Crippen molar-refractivity contribution >= 4 is 23.2 Å². The first-order chi connectivity index (χ1) is 16.0. The summed E-state index contributed by atoms with van der Waals surface area (Å²) in [5, 5.41) is 1.99. The molecule has 1 aromatic heterocycles. The normalized spacial score (nSPS) is 20.8. The van der Waals surface area contributed by atoms with Gasteiger partial charge in [0, 0.05) is 31.1 Å². The Bertz CT molecular complexity index is 934. The molecule has 2 atom stereocenters. The number of ether oxygens (including phenoxy) is 2. The van der Waals surface area contributed by atoms with Crippen molar-refractivity contribution in [2.45, 2.75) is 44.9 Å². The zero-order valence-electron chi connectivity index (χ0n) is 18.3. The third-order valence-electron chi connectivity index (χ3n) is 6.08. The van der Waals surface area contributed by atoms with Crippen LogP contribution in [0.5, 0.6) is 5.75 Å². The van der Waals surface area contributed by atoms with Crippen molar-refractivity contribution in [2.75, 3.05) is 26.2 Å². The number of rotatable bonds is 8. The Morgan fingerprint density at radius 2 is 2.03 bits per heavy atom. The summed E-state index contributed by atoms with van der Waals surface area (Å²) in [5.74, 6) is -0.878. The molecule has 0 radical (unpaired) electrons. The molecule has 2 fully saturated rings. The van der Waals surface area contributed by atoms with Gasteiger partial charge in [-0.05, 0) is 49.3 Å². The first-order valence-electron chi connectivity index (χ1n) is 11.3. The summed E-state index contributed by atoms with van der Waals surface area (Å²) in [6.45, 7) is -0.511. The number of para-hydroxylation sites is 1. The molecule has 2 aliphatic rings. The van der Waals surface area contributed by atoms with Crippen LogP contribution in [0.25, 0.3) is 0 Å². The van der Waals surface area contributed by atoms with Crippen LogP contribution >= 0.6 is 11.3 Å². The minimum Gasteiger partial charge on any atom is -0.434 e. The SMILES string of the molecule is O=C(c1ccccc1OC(F)F)N1CCCC(C(=O)N(Cc2cccs2)CC2CCCO2)C1. The number of alkyl halides is 2.